The number of aliphatic hydroxyl groups excluding tert-OH is 1. The van der Waals surface area contributed by atoms with E-state index in [1.807, 2.05) is 32.0 Å². The zero-order valence-electron chi connectivity index (χ0n) is 24.7. The van der Waals surface area contributed by atoms with E-state index in [-0.39, 0.29) is 12.2 Å². The fourth-order valence-corrected chi connectivity index (χ4v) is 4.14. The van der Waals surface area contributed by atoms with Crippen molar-refractivity contribution < 1.29 is 38.4 Å². The third-order valence-electron chi connectivity index (χ3n) is 6.13. The first-order valence-corrected chi connectivity index (χ1v) is 13.9. The highest BCUT2D eigenvalue weighted by Gasteiger charge is 2.32. The quantitative estimate of drug-likeness (QED) is 0.0760. The summed E-state index contributed by atoms with van der Waals surface area (Å²) in [6.07, 6.45) is 2.43. The molecule has 2 atom stereocenters. The Morgan fingerprint density at radius 1 is 1.02 bits per heavy atom. The Kier molecular flexibility index (Phi) is 12.3. The van der Waals surface area contributed by atoms with Gasteiger partial charge < -0.3 is 39.4 Å². The van der Waals surface area contributed by atoms with Crippen molar-refractivity contribution in [3.8, 4) is 23.0 Å². The van der Waals surface area contributed by atoms with Crippen molar-refractivity contribution in [2.45, 2.75) is 52.8 Å². The average Bonchev–Trinajstić information content (AvgIpc) is 2.97. The number of ether oxygens (including phenoxy) is 5. The van der Waals surface area contributed by atoms with E-state index >= 15 is 0 Å². The van der Waals surface area contributed by atoms with E-state index in [0.717, 1.165) is 18.4 Å². The number of benzene rings is 2. The van der Waals surface area contributed by atoms with Gasteiger partial charge in [0.2, 0.25) is 0 Å². The summed E-state index contributed by atoms with van der Waals surface area (Å²) in [6, 6.07) is 9.34. The van der Waals surface area contributed by atoms with Crippen LogP contribution >= 0.6 is 0 Å². The summed E-state index contributed by atoms with van der Waals surface area (Å²) in [6.45, 7) is 8.78. The summed E-state index contributed by atoms with van der Waals surface area (Å²) in [4.78, 5) is 24.6. The van der Waals surface area contributed by atoms with Crippen LogP contribution < -0.4 is 35.0 Å². The third-order valence-corrected chi connectivity index (χ3v) is 6.13. The van der Waals surface area contributed by atoms with E-state index in [1.165, 1.54) is 7.11 Å². The van der Waals surface area contributed by atoms with E-state index in [0.29, 0.717) is 54.1 Å². The van der Waals surface area contributed by atoms with Crippen LogP contribution in [-0.4, -0.2) is 63.1 Å². The average molecular weight is 585 g/mol. The first kappa shape index (κ1) is 32.1. The lowest BCUT2D eigenvalue weighted by Crippen LogP contribution is -2.45. The van der Waals surface area contributed by atoms with Gasteiger partial charge in [-0.1, -0.05) is 19.4 Å². The first-order chi connectivity index (χ1) is 20.3. The van der Waals surface area contributed by atoms with Crippen molar-refractivity contribution in [2.75, 3.05) is 33.5 Å². The van der Waals surface area contributed by atoms with E-state index < -0.39 is 24.3 Å². The number of hydrogen-bond acceptors (Lipinski definition) is 10. The van der Waals surface area contributed by atoms with Crippen molar-refractivity contribution in [3.63, 3.8) is 0 Å². The van der Waals surface area contributed by atoms with Gasteiger partial charge in [0.15, 0.2) is 29.2 Å². The van der Waals surface area contributed by atoms with Crippen molar-refractivity contribution in [1.29, 1.82) is 0 Å². The molecule has 0 radical (unpaired) electrons. The number of rotatable bonds is 16. The molecule has 0 bridgehead atoms. The molecule has 0 aromatic heterocycles. The van der Waals surface area contributed by atoms with Gasteiger partial charge in [-0.25, -0.2) is 9.59 Å². The highest BCUT2D eigenvalue weighted by Crippen LogP contribution is 2.35. The molecule has 2 amide bonds. The maximum Gasteiger partial charge on any atom is 0.337 e. The predicted octanol–water partition coefficient (Wildman–Crippen LogP) is 3.78. The molecule has 0 aliphatic carbocycles. The fourth-order valence-electron chi connectivity index (χ4n) is 4.14. The molecule has 12 heteroatoms. The van der Waals surface area contributed by atoms with Crippen molar-refractivity contribution in [2.24, 2.45) is 5.10 Å². The molecule has 42 heavy (non-hydrogen) atoms. The van der Waals surface area contributed by atoms with Gasteiger partial charge in [-0.05, 0) is 68.7 Å². The van der Waals surface area contributed by atoms with Crippen LogP contribution in [0.15, 0.2) is 52.8 Å². The first-order valence-electron chi connectivity index (χ1n) is 13.9. The van der Waals surface area contributed by atoms with Gasteiger partial charge in [0, 0.05) is 5.70 Å². The minimum absolute atomic E-state index is 0.137. The van der Waals surface area contributed by atoms with Crippen LogP contribution in [0, 0.1) is 0 Å². The maximum atomic E-state index is 12.4. The number of hydrazone groups is 1. The zero-order chi connectivity index (χ0) is 30.5. The topological polar surface area (TPSA) is 149 Å². The van der Waals surface area contributed by atoms with Gasteiger partial charge >= 0.3 is 12.0 Å². The number of carbonyl (C=O) groups excluding carboxylic acids is 2. The number of urea groups is 1. The molecule has 1 aliphatic rings. The standard InChI is InChI=1S/C30H40N4O8/c1-6-9-14-41-22-12-10-20(15-24(22)39-7-2)17-31-34-26(35)18-42-23-13-11-21(16-25(23)40-8-3)28-27(29(36)38-5)19(4)32-30(37)33-28/h10-13,15-17,26,28,34-35H,6-9,14,18H2,1-5H3,(H2,32,33,37)/b31-17-/t26-,28+/m1/s1. The van der Waals surface area contributed by atoms with Crippen molar-refractivity contribution >= 4 is 18.2 Å². The van der Waals surface area contributed by atoms with Crippen molar-refractivity contribution in [3.05, 3.63) is 58.8 Å². The second-order valence-electron chi connectivity index (χ2n) is 9.26. The number of aliphatic hydroxyl groups is 1. The monoisotopic (exact) mass is 584 g/mol. The van der Waals surface area contributed by atoms with Gasteiger partial charge in [0.05, 0.1) is 44.8 Å². The second kappa shape index (κ2) is 16.1. The summed E-state index contributed by atoms with van der Waals surface area (Å²) in [5.41, 5.74) is 4.66. The molecule has 4 N–H and O–H groups in total. The van der Waals surface area contributed by atoms with E-state index in [2.05, 4.69) is 28.1 Å². The number of carbonyl (C=O) groups is 2. The summed E-state index contributed by atoms with van der Waals surface area (Å²) in [5, 5.41) is 19.9. The Labute approximate surface area is 246 Å². The molecule has 3 rings (SSSR count). The van der Waals surface area contributed by atoms with Crippen LogP contribution in [0.3, 0.4) is 0 Å². The summed E-state index contributed by atoms with van der Waals surface area (Å²) in [7, 11) is 1.28. The lowest BCUT2D eigenvalue weighted by Gasteiger charge is -2.28. The SMILES string of the molecule is CCCCOc1ccc(/C=N\N[C@H](O)COc2ccc([C@@H]3NC(=O)NC(C)=C3C(=O)OC)cc2OCC)cc1OCC. The van der Waals surface area contributed by atoms with Gasteiger partial charge in [-0.2, -0.15) is 5.10 Å². The van der Waals surface area contributed by atoms with Gasteiger partial charge in [0.25, 0.3) is 0 Å². The number of hydrogen-bond donors (Lipinski definition) is 4. The molecular formula is C30H40N4O8. The largest absolute Gasteiger partial charge is 0.490 e. The van der Waals surface area contributed by atoms with Crippen LogP contribution in [0.5, 0.6) is 23.0 Å². The normalized spacial score (nSPS) is 15.5. The Hall–Kier alpha value is -4.45. The smallest absolute Gasteiger partial charge is 0.337 e. The molecule has 1 heterocycles. The third kappa shape index (κ3) is 8.77. The minimum Gasteiger partial charge on any atom is -0.490 e. The van der Waals surface area contributed by atoms with E-state index in [9.17, 15) is 14.7 Å². The van der Waals surface area contributed by atoms with Gasteiger partial charge in [-0.3, -0.25) is 5.43 Å². The Balaban J connectivity index is 1.65. The molecule has 1 aliphatic heterocycles. The number of allylic oxidation sites excluding steroid dienone is 1. The minimum atomic E-state index is -1.13. The number of amides is 2. The molecule has 0 fully saturated rings. The predicted molar refractivity (Wildman–Crippen MR) is 157 cm³/mol. The van der Waals surface area contributed by atoms with E-state index in [4.69, 9.17) is 23.7 Å². The number of nitrogens with zero attached hydrogens (tertiary/aromatic N) is 1. The Morgan fingerprint density at radius 2 is 1.71 bits per heavy atom. The van der Waals surface area contributed by atoms with Crippen LogP contribution in [0.4, 0.5) is 4.79 Å². The number of nitrogens with one attached hydrogen (secondary N) is 3. The molecule has 0 saturated carbocycles. The molecule has 0 spiro atoms. The molecule has 228 valence electrons. The summed E-state index contributed by atoms with van der Waals surface area (Å²) in [5.74, 6) is 1.48. The number of esters is 1. The molecule has 2 aromatic carbocycles. The number of unbranched alkanes of at least 4 members (excludes halogenated alkanes) is 1. The molecular weight excluding hydrogens is 544 g/mol. The maximum absolute atomic E-state index is 12.4. The molecule has 0 unspecified atom stereocenters. The van der Waals surface area contributed by atoms with Gasteiger partial charge in [0.1, 0.15) is 6.61 Å². The molecule has 12 nitrogen and oxygen atoms in total. The van der Waals surface area contributed by atoms with Crippen LogP contribution in [-0.2, 0) is 9.53 Å². The molecule has 0 saturated heterocycles. The highest BCUT2D eigenvalue weighted by atomic mass is 16.5. The van der Waals surface area contributed by atoms with Crippen molar-refractivity contribution in [1.82, 2.24) is 16.1 Å². The zero-order valence-corrected chi connectivity index (χ0v) is 24.7. The van der Waals surface area contributed by atoms with Crippen LogP contribution in [0.25, 0.3) is 0 Å². The van der Waals surface area contributed by atoms with Crippen LogP contribution in [0.1, 0.15) is 57.7 Å². The lowest BCUT2D eigenvalue weighted by molar-refractivity contribution is -0.136. The summed E-state index contributed by atoms with van der Waals surface area (Å²) >= 11 is 0. The highest BCUT2D eigenvalue weighted by molar-refractivity contribution is 5.95. The fraction of sp³-hybridized carbons (Fsp3) is 0.433. The molecule has 2 aromatic rings. The second-order valence-corrected chi connectivity index (χ2v) is 9.26. The lowest BCUT2D eigenvalue weighted by atomic mass is 9.95. The Bertz CT molecular complexity index is 1280. The Morgan fingerprint density at radius 3 is 2.40 bits per heavy atom. The number of methoxy groups -OCH3 is 1. The van der Waals surface area contributed by atoms with E-state index in [1.54, 1.807) is 31.3 Å². The summed E-state index contributed by atoms with van der Waals surface area (Å²) < 4.78 is 28.0. The van der Waals surface area contributed by atoms with Crippen LogP contribution in [0.2, 0.25) is 0 Å². The van der Waals surface area contributed by atoms with Gasteiger partial charge in [-0.15, -0.1) is 0 Å².